The van der Waals surface area contributed by atoms with Crippen molar-refractivity contribution in [1.82, 2.24) is 15.0 Å². The fraction of sp³-hybridized carbons (Fsp3) is 0.278. The topological polar surface area (TPSA) is 71.3 Å². The third-order valence-electron chi connectivity index (χ3n) is 4.28. The van der Waals surface area contributed by atoms with E-state index in [0.717, 1.165) is 29.5 Å². The molecule has 1 aromatic heterocycles. The molecule has 0 aliphatic carbocycles. The highest BCUT2D eigenvalue weighted by Crippen LogP contribution is 2.26. The number of carbonyl (C=O) groups excluding carboxylic acids is 1. The van der Waals surface area contributed by atoms with E-state index in [-0.39, 0.29) is 11.8 Å². The maximum atomic E-state index is 12.3. The summed E-state index contributed by atoms with van der Waals surface area (Å²) in [5.74, 6) is 1.54. The van der Waals surface area contributed by atoms with Gasteiger partial charge in [0, 0.05) is 24.2 Å². The maximum absolute atomic E-state index is 12.3. The van der Waals surface area contributed by atoms with Gasteiger partial charge in [0.2, 0.25) is 11.8 Å². The summed E-state index contributed by atoms with van der Waals surface area (Å²) in [6, 6.07) is 13.9. The van der Waals surface area contributed by atoms with E-state index in [4.69, 9.17) is 4.52 Å². The summed E-state index contributed by atoms with van der Waals surface area (Å²) < 4.78 is 5.18. The summed E-state index contributed by atoms with van der Waals surface area (Å²) in [6.07, 6.45) is 0. The van der Waals surface area contributed by atoms with Crippen molar-refractivity contribution in [3.8, 4) is 0 Å². The van der Waals surface area contributed by atoms with E-state index in [2.05, 4.69) is 20.4 Å². The Kier molecular flexibility index (Phi) is 3.74. The number of fused-ring (bicyclic) bond motifs is 1. The molecular formula is C18H18N4O2. The molecular weight excluding hydrogens is 304 g/mol. The third kappa shape index (κ3) is 2.88. The van der Waals surface area contributed by atoms with Crippen LogP contribution in [-0.2, 0) is 4.79 Å². The zero-order valence-electron chi connectivity index (χ0n) is 13.4. The summed E-state index contributed by atoms with van der Waals surface area (Å²) in [5, 5.41) is 8.99. The molecule has 1 aliphatic heterocycles. The molecule has 1 amide bonds. The van der Waals surface area contributed by atoms with Crippen LogP contribution >= 0.6 is 0 Å². The van der Waals surface area contributed by atoms with Crippen molar-refractivity contribution in [1.29, 1.82) is 0 Å². The zero-order chi connectivity index (χ0) is 16.5. The smallest absolute Gasteiger partial charge is 0.238 e. The van der Waals surface area contributed by atoms with E-state index < -0.39 is 0 Å². The van der Waals surface area contributed by atoms with Gasteiger partial charge in [0.15, 0.2) is 5.82 Å². The van der Waals surface area contributed by atoms with Gasteiger partial charge in [-0.1, -0.05) is 41.6 Å². The molecule has 1 aliphatic rings. The summed E-state index contributed by atoms with van der Waals surface area (Å²) >= 11 is 0. The van der Waals surface area contributed by atoms with Crippen LogP contribution in [-0.4, -0.2) is 40.6 Å². The number of rotatable bonds is 4. The number of hydrogen-bond acceptors (Lipinski definition) is 5. The monoisotopic (exact) mass is 322 g/mol. The lowest BCUT2D eigenvalue weighted by Crippen LogP contribution is -2.48. The number of anilines is 1. The second-order valence-electron chi connectivity index (χ2n) is 6.15. The van der Waals surface area contributed by atoms with Crippen molar-refractivity contribution >= 4 is 22.4 Å². The van der Waals surface area contributed by atoms with Crippen LogP contribution in [0.15, 0.2) is 47.0 Å². The van der Waals surface area contributed by atoms with Gasteiger partial charge >= 0.3 is 0 Å². The lowest BCUT2D eigenvalue weighted by molar-refractivity contribution is -0.118. The molecule has 1 fully saturated rings. The van der Waals surface area contributed by atoms with Crippen molar-refractivity contribution in [3.63, 3.8) is 0 Å². The van der Waals surface area contributed by atoms with E-state index >= 15 is 0 Å². The Balaban J connectivity index is 1.36. The van der Waals surface area contributed by atoms with Gasteiger partial charge in [0.1, 0.15) is 0 Å². The van der Waals surface area contributed by atoms with Crippen LogP contribution in [0, 0.1) is 6.92 Å². The summed E-state index contributed by atoms with van der Waals surface area (Å²) in [4.78, 5) is 18.6. The molecule has 0 unspecified atom stereocenters. The second-order valence-corrected chi connectivity index (χ2v) is 6.15. The predicted molar refractivity (Wildman–Crippen MR) is 90.8 cm³/mol. The van der Waals surface area contributed by atoms with Crippen LogP contribution in [0.2, 0.25) is 0 Å². The SMILES string of the molecule is Cc1noc(C2CN(CC(=O)Nc3cccc4ccccc34)C2)n1. The minimum atomic E-state index is -0.00786. The van der Waals surface area contributed by atoms with Gasteiger partial charge in [-0.15, -0.1) is 0 Å². The van der Waals surface area contributed by atoms with Crippen LogP contribution in [0.4, 0.5) is 5.69 Å². The molecule has 24 heavy (non-hydrogen) atoms. The minimum absolute atomic E-state index is 0.00786. The molecule has 6 nitrogen and oxygen atoms in total. The van der Waals surface area contributed by atoms with Crippen LogP contribution < -0.4 is 5.32 Å². The van der Waals surface area contributed by atoms with Gasteiger partial charge in [0.05, 0.1) is 12.5 Å². The van der Waals surface area contributed by atoms with Crippen molar-refractivity contribution < 1.29 is 9.32 Å². The maximum Gasteiger partial charge on any atom is 0.238 e. The normalized spacial score (nSPS) is 15.4. The summed E-state index contributed by atoms with van der Waals surface area (Å²) in [7, 11) is 0. The molecule has 0 radical (unpaired) electrons. The second kappa shape index (κ2) is 6.05. The molecule has 0 bridgehead atoms. The Hall–Kier alpha value is -2.73. The van der Waals surface area contributed by atoms with Crippen LogP contribution in [0.1, 0.15) is 17.6 Å². The Bertz CT molecular complexity index is 878. The molecule has 1 N–H and O–H groups in total. The fourth-order valence-corrected chi connectivity index (χ4v) is 3.06. The van der Waals surface area contributed by atoms with Crippen LogP contribution in [0.5, 0.6) is 0 Å². The highest BCUT2D eigenvalue weighted by atomic mass is 16.5. The van der Waals surface area contributed by atoms with Gasteiger partial charge < -0.3 is 9.84 Å². The number of aryl methyl sites for hydroxylation is 1. The van der Waals surface area contributed by atoms with Crippen molar-refractivity contribution in [2.45, 2.75) is 12.8 Å². The number of likely N-dealkylation sites (tertiary alicyclic amines) is 1. The Morgan fingerprint density at radius 2 is 2.04 bits per heavy atom. The Labute approximate surface area is 139 Å². The number of benzene rings is 2. The first kappa shape index (κ1) is 14.8. The fourth-order valence-electron chi connectivity index (χ4n) is 3.06. The highest BCUT2D eigenvalue weighted by molar-refractivity contribution is 6.02. The average molecular weight is 322 g/mol. The largest absolute Gasteiger partial charge is 0.339 e. The van der Waals surface area contributed by atoms with Crippen LogP contribution in [0.3, 0.4) is 0 Å². The van der Waals surface area contributed by atoms with E-state index in [0.29, 0.717) is 18.3 Å². The van der Waals surface area contributed by atoms with Crippen LogP contribution in [0.25, 0.3) is 10.8 Å². The molecule has 0 atom stereocenters. The summed E-state index contributed by atoms with van der Waals surface area (Å²) in [5.41, 5.74) is 0.850. The van der Waals surface area contributed by atoms with Gasteiger partial charge in [0.25, 0.3) is 0 Å². The molecule has 4 rings (SSSR count). The Morgan fingerprint density at radius 3 is 2.83 bits per heavy atom. The minimum Gasteiger partial charge on any atom is -0.339 e. The third-order valence-corrected chi connectivity index (χ3v) is 4.28. The lowest BCUT2D eigenvalue weighted by Gasteiger charge is -2.36. The summed E-state index contributed by atoms with van der Waals surface area (Å²) in [6.45, 7) is 3.71. The Morgan fingerprint density at radius 1 is 1.25 bits per heavy atom. The zero-order valence-corrected chi connectivity index (χ0v) is 13.4. The van der Waals surface area contributed by atoms with E-state index in [1.165, 1.54) is 0 Å². The molecule has 2 aromatic carbocycles. The highest BCUT2D eigenvalue weighted by Gasteiger charge is 2.33. The number of aromatic nitrogens is 2. The first-order valence-electron chi connectivity index (χ1n) is 7.99. The molecule has 1 saturated heterocycles. The van der Waals surface area contributed by atoms with E-state index in [9.17, 15) is 4.79 Å². The van der Waals surface area contributed by atoms with Gasteiger partial charge in [-0.2, -0.15) is 4.98 Å². The molecule has 122 valence electrons. The van der Waals surface area contributed by atoms with Crippen molar-refractivity contribution in [3.05, 3.63) is 54.2 Å². The molecule has 6 heteroatoms. The first-order chi connectivity index (χ1) is 11.7. The number of carbonyl (C=O) groups is 1. The van der Waals surface area contributed by atoms with Gasteiger partial charge in [-0.05, 0) is 18.4 Å². The molecule has 0 saturated carbocycles. The van der Waals surface area contributed by atoms with Crippen molar-refractivity contribution in [2.24, 2.45) is 0 Å². The first-order valence-corrected chi connectivity index (χ1v) is 7.99. The number of amides is 1. The number of nitrogens with one attached hydrogen (secondary N) is 1. The standard InChI is InChI=1S/C18H18N4O2/c1-12-19-18(24-21-12)14-9-22(10-14)11-17(23)20-16-8-4-6-13-5-2-3-7-15(13)16/h2-8,14H,9-11H2,1H3,(H,20,23). The van der Waals surface area contributed by atoms with Gasteiger partial charge in [-0.3, -0.25) is 9.69 Å². The predicted octanol–water partition coefficient (Wildman–Crippen LogP) is 2.57. The molecule has 2 heterocycles. The van der Waals surface area contributed by atoms with E-state index in [1.54, 1.807) is 6.92 Å². The number of nitrogens with zero attached hydrogens (tertiary/aromatic N) is 3. The molecule has 0 spiro atoms. The van der Waals surface area contributed by atoms with E-state index in [1.807, 2.05) is 42.5 Å². The number of hydrogen-bond donors (Lipinski definition) is 1. The van der Waals surface area contributed by atoms with Crippen molar-refractivity contribution in [2.75, 3.05) is 25.0 Å². The molecule has 3 aromatic rings. The average Bonchev–Trinajstić information content (AvgIpc) is 2.97. The lowest BCUT2D eigenvalue weighted by atomic mass is 10.0. The quantitative estimate of drug-likeness (QED) is 0.799. The van der Waals surface area contributed by atoms with Gasteiger partial charge in [-0.25, -0.2) is 0 Å².